The predicted octanol–water partition coefficient (Wildman–Crippen LogP) is 1.44. The fourth-order valence-electron chi connectivity index (χ4n) is 2.32. The van der Waals surface area contributed by atoms with Gasteiger partial charge in [-0.05, 0) is 18.8 Å². The summed E-state index contributed by atoms with van der Waals surface area (Å²) < 4.78 is 0. The van der Waals surface area contributed by atoms with Crippen molar-refractivity contribution in [2.45, 2.75) is 44.4 Å². The number of H-pyrrole nitrogens is 1. The Hall–Kier alpha value is -1.65. The minimum absolute atomic E-state index is 0.00822. The van der Waals surface area contributed by atoms with Gasteiger partial charge in [-0.25, -0.2) is 4.98 Å². The van der Waals surface area contributed by atoms with E-state index >= 15 is 0 Å². The van der Waals surface area contributed by atoms with E-state index in [1.54, 1.807) is 6.20 Å². The molecule has 2 rings (SSSR count). The minimum Gasteiger partial charge on any atom is -0.481 e. The number of aromatic amines is 1. The van der Waals surface area contributed by atoms with Crippen molar-refractivity contribution in [3.8, 4) is 0 Å². The van der Waals surface area contributed by atoms with Gasteiger partial charge in [0.2, 0.25) is 0 Å². The maximum absolute atomic E-state index is 11.8. The Balaban J connectivity index is 2.11. The first-order valence-electron chi connectivity index (χ1n) is 5.96. The number of carboxylic acid groups (broad SMARTS) is 1. The van der Waals surface area contributed by atoms with Crippen LogP contribution >= 0.6 is 0 Å². The second-order valence-corrected chi connectivity index (χ2v) is 4.49. The molecule has 1 aromatic rings. The second kappa shape index (κ2) is 5.12. The Labute approximate surface area is 98.9 Å². The SMILES string of the molecule is O=C(O)CCc1ncc(C2CCCC2)c(=O)[nH]1. The van der Waals surface area contributed by atoms with Crippen LogP contribution < -0.4 is 5.56 Å². The first kappa shape index (κ1) is 11.8. The number of carboxylic acids is 1. The van der Waals surface area contributed by atoms with Crippen LogP contribution in [0.15, 0.2) is 11.0 Å². The van der Waals surface area contributed by atoms with Crippen LogP contribution in [0.2, 0.25) is 0 Å². The molecule has 1 aromatic heterocycles. The summed E-state index contributed by atoms with van der Waals surface area (Å²) in [7, 11) is 0. The zero-order chi connectivity index (χ0) is 12.3. The van der Waals surface area contributed by atoms with Crippen LogP contribution in [-0.4, -0.2) is 21.0 Å². The number of hydrogen-bond acceptors (Lipinski definition) is 3. The highest BCUT2D eigenvalue weighted by Crippen LogP contribution is 2.31. The Bertz CT molecular complexity index is 461. The fraction of sp³-hybridized carbons (Fsp3) is 0.583. The average Bonchev–Trinajstić information content (AvgIpc) is 2.79. The third-order valence-electron chi connectivity index (χ3n) is 3.25. The highest BCUT2D eigenvalue weighted by Gasteiger charge is 2.20. The van der Waals surface area contributed by atoms with E-state index in [1.165, 1.54) is 12.8 Å². The van der Waals surface area contributed by atoms with E-state index in [9.17, 15) is 9.59 Å². The van der Waals surface area contributed by atoms with Crippen molar-refractivity contribution in [1.82, 2.24) is 9.97 Å². The largest absolute Gasteiger partial charge is 0.481 e. The molecular formula is C12H16N2O3. The number of aromatic nitrogens is 2. The third-order valence-corrected chi connectivity index (χ3v) is 3.25. The summed E-state index contributed by atoms with van der Waals surface area (Å²) in [5, 5.41) is 8.55. The molecule has 0 amide bonds. The summed E-state index contributed by atoms with van der Waals surface area (Å²) in [6.07, 6.45) is 6.33. The lowest BCUT2D eigenvalue weighted by molar-refractivity contribution is -0.137. The molecule has 0 unspecified atom stereocenters. The molecule has 17 heavy (non-hydrogen) atoms. The minimum atomic E-state index is -0.882. The number of nitrogens with zero attached hydrogens (tertiary/aromatic N) is 1. The van der Waals surface area contributed by atoms with Gasteiger partial charge in [-0.3, -0.25) is 9.59 Å². The zero-order valence-corrected chi connectivity index (χ0v) is 9.61. The normalized spacial score (nSPS) is 16.2. The van der Waals surface area contributed by atoms with Crippen LogP contribution in [0.25, 0.3) is 0 Å². The highest BCUT2D eigenvalue weighted by molar-refractivity contribution is 5.66. The van der Waals surface area contributed by atoms with Crippen LogP contribution in [0, 0.1) is 0 Å². The van der Waals surface area contributed by atoms with Crippen molar-refractivity contribution in [1.29, 1.82) is 0 Å². The van der Waals surface area contributed by atoms with E-state index in [4.69, 9.17) is 5.11 Å². The lowest BCUT2D eigenvalue weighted by Gasteiger charge is -2.08. The average molecular weight is 236 g/mol. The molecule has 1 aliphatic rings. The van der Waals surface area contributed by atoms with Crippen molar-refractivity contribution in [3.63, 3.8) is 0 Å². The number of aliphatic carboxylic acids is 1. The first-order chi connectivity index (χ1) is 8.16. The molecule has 1 heterocycles. The smallest absolute Gasteiger partial charge is 0.303 e. The summed E-state index contributed by atoms with van der Waals surface area (Å²) in [6.45, 7) is 0. The van der Waals surface area contributed by atoms with Crippen LogP contribution in [0.5, 0.6) is 0 Å². The Morgan fingerprint density at radius 2 is 2.18 bits per heavy atom. The molecule has 1 fully saturated rings. The lowest BCUT2D eigenvalue weighted by Crippen LogP contribution is -2.18. The Morgan fingerprint density at radius 3 is 2.76 bits per heavy atom. The number of aryl methyl sites for hydroxylation is 1. The number of carbonyl (C=O) groups is 1. The van der Waals surface area contributed by atoms with Crippen molar-refractivity contribution in [2.24, 2.45) is 0 Å². The molecule has 0 atom stereocenters. The van der Waals surface area contributed by atoms with Crippen LogP contribution in [0.1, 0.15) is 49.4 Å². The Kier molecular flexibility index (Phi) is 3.56. The van der Waals surface area contributed by atoms with Crippen LogP contribution in [0.4, 0.5) is 0 Å². The first-order valence-corrected chi connectivity index (χ1v) is 5.96. The van der Waals surface area contributed by atoms with E-state index in [0.717, 1.165) is 18.4 Å². The summed E-state index contributed by atoms with van der Waals surface area (Å²) >= 11 is 0. The summed E-state index contributed by atoms with van der Waals surface area (Å²) in [6, 6.07) is 0. The topological polar surface area (TPSA) is 83.0 Å². The van der Waals surface area contributed by atoms with Gasteiger partial charge in [0, 0.05) is 18.2 Å². The monoisotopic (exact) mass is 236 g/mol. The van der Waals surface area contributed by atoms with E-state index in [0.29, 0.717) is 11.7 Å². The molecule has 0 radical (unpaired) electrons. The van der Waals surface area contributed by atoms with E-state index < -0.39 is 5.97 Å². The Morgan fingerprint density at radius 1 is 1.47 bits per heavy atom. The van der Waals surface area contributed by atoms with Gasteiger partial charge in [0.05, 0.1) is 6.42 Å². The standard InChI is InChI=1S/C12H16N2O3/c15-11(16)6-5-10-13-7-9(12(17)14-10)8-3-1-2-4-8/h7-8H,1-6H2,(H,15,16)(H,13,14,17). The van der Waals surface area contributed by atoms with Gasteiger partial charge in [0.25, 0.3) is 5.56 Å². The molecule has 0 bridgehead atoms. The maximum atomic E-state index is 11.8. The van der Waals surface area contributed by atoms with E-state index in [2.05, 4.69) is 9.97 Å². The molecule has 5 nitrogen and oxygen atoms in total. The number of rotatable bonds is 4. The third kappa shape index (κ3) is 2.93. The number of hydrogen-bond donors (Lipinski definition) is 2. The van der Waals surface area contributed by atoms with Gasteiger partial charge in [-0.15, -0.1) is 0 Å². The molecule has 1 aliphatic carbocycles. The van der Waals surface area contributed by atoms with Gasteiger partial charge in [0.1, 0.15) is 5.82 Å². The van der Waals surface area contributed by atoms with E-state index in [1.807, 2.05) is 0 Å². The van der Waals surface area contributed by atoms with Gasteiger partial charge in [-0.2, -0.15) is 0 Å². The highest BCUT2D eigenvalue weighted by atomic mass is 16.4. The molecule has 92 valence electrons. The number of nitrogens with one attached hydrogen (secondary N) is 1. The van der Waals surface area contributed by atoms with E-state index in [-0.39, 0.29) is 18.4 Å². The summed E-state index contributed by atoms with van der Waals surface area (Å²) in [5.41, 5.74) is 0.647. The van der Waals surface area contributed by atoms with Gasteiger partial charge in [0.15, 0.2) is 0 Å². The van der Waals surface area contributed by atoms with Gasteiger partial charge < -0.3 is 10.1 Å². The maximum Gasteiger partial charge on any atom is 0.303 e. The molecular weight excluding hydrogens is 220 g/mol. The molecule has 0 aliphatic heterocycles. The molecule has 2 N–H and O–H groups in total. The van der Waals surface area contributed by atoms with Crippen LogP contribution in [0.3, 0.4) is 0 Å². The molecule has 0 aromatic carbocycles. The predicted molar refractivity (Wildman–Crippen MR) is 62.0 cm³/mol. The quantitative estimate of drug-likeness (QED) is 0.828. The molecule has 0 spiro atoms. The van der Waals surface area contributed by atoms with Crippen molar-refractivity contribution in [2.75, 3.05) is 0 Å². The summed E-state index contributed by atoms with van der Waals surface area (Å²) in [5.74, 6) is -0.0913. The second-order valence-electron chi connectivity index (χ2n) is 4.49. The van der Waals surface area contributed by atoms with Crippen molar-refractivity contribution >= 4 is 5.97 Å². The lowest BCUT2D eigenvalue weighted by atomic mass is 10.0. The summed E-state index contributed by atoms with van der Waals surface area (Å²) in [4.78, 5) is 29.1. The molecule has 1 saturated carbocycles. The molecule has 0 saturated heterocycles. The molecule has 5 heteroatoms. The van der Waals surface area contributed by atoms with Crippen molar-refractivity contribution in [3.05, 3.63) is 27.9 Å². The van der Waals surface area contributed by atoms with Gasteiger partial charge in [-0.1, -0.05) is 12.8 Å². The zero-order valence-electron chi connectivity index (χ0n) is 9.61. The van der Waals surface area contributed by atoms with Gasteiger partial charge >= 0.3 is 5.97 Å². The van der Waals surface area contributed by atoms with Crippen LogP contribution in [-0.2, 0) is 11.2 Å². The van der Waals surface area contributed by atoms with Crippen molar-refractivity contribution < 1.29 is 9.90 Å². The fourth-order valence-corrected chi connectivity index (χ4v) is 2.32.